The van der Waals surface area contributed by atoms with Crippen LogP contribution in [-0.4, -0.2) is 76.2 Å². The minimum atomic E-state index is -2.07. The van der Waals surface area contributed by atoms with Gasteiger partial charge in [0.1, 0.15) is 11.4 Å². The van der Waals surface area contributed by atoms with Crippen LogP contribution in [0.5, 0.6) is 0 Å². The van der Waals surface area contributed by atoms with Gasteiger partial charge in [0, 0.05) is 49.6 Å². The third-order valence-electron chi connectivity index (χ3n) is 6.29. The molecule has 0 bridgehead atoms. The topological polar surface area (TPSA) is 166 Å². The van der Waals surface area contributed by atoms with Crippen LogP contribution in [0, 0.1) is 6.92 Å². The van der Waals surface area contributed by atoms with Crippen molar-refractivity contribution in [2.24, 2.45) is 0 Å². The number of rotatable bonds is 4. The lowest BCUT2D eigenvalue weighted by atomic mass is 9.94. The third kappa shape index (κ3) is 8.65. The molecule has 0 unspecified atom stereocenters. The summed E-state index contributed by atoms with van der Waals surface area (Å²) in [5, 5.41) is 25.8. The lowest BCUT2D eigenvalue weighted by molar-refractivity contribution is -0.303. The molecule has 5 rings (SSSR count). The maximum absolute atomic E-state index is 11.5. The number of hydrogen-bond acceptors (Lipinski definition) is 8. The van der Waals surface area contributed by atoms with Gasteiger partial charge in [0.05, 0.1) is 0 Å². The smallest absolute Gasteiger partial charge is 0.539 e. The van der Waals surface area contributed by atoms with Gasteiger partial charge in [-0.1, -0.05) is 62.4 Å². The number of aromatic nitrogens is 1. The van der Waals surface area contributed by atoms with Gasteiger partial charge < -0.3 is 30.5 Å². The third-order valence-corrected chi connectivity index (χ3v) is 7.41. The fourth-order valence-electron chi connectivity index (χ4n) is 4.42. The Morgan fingerprint density at radius 1 is 0.976 bits per heavy atom. The highest BCUT2D eigenvalue weighted by Gasteiger charge is 2.23. The van der Waals surface area contributed by atoms with Crippen molar-refractivity contribution in [2.45, 2.75) is 17.6 Å². The number of nitrogens with zero attached hydrogens (tertiary/aromatic N) is 3. The van der Waals surface area contributed by atoms with E-state index in [-0.39, 0.29) is 12.5 Å². The Bertz CT molecular complexity index is 1320. The Morgan fingerprint density at radius 3 is 2.22 bits per heavy atom. The number of aromatic carboxylic acids is 1. The molecule has 4 N–H and O–H groups in total. The molecule has 10 nitrogen and oxygen atoms in total. The van der Waals surface area contributed by atoms with E-state index in [9.17, 15) is 9.90 Å². The summed E-state index contributed by atoms with van der Waals surface area (Å²) in [6.07, 6.45) is 4.03. The molecular weight excluding hydrogens is 546 g/mol. The summed E-state index contributed by atoms with van der Waals surface area (Å²) >= 11 is 1.90. The monoisotopic (exact) mass is 580 g/mol. The number of fused-ring (bicyclic) bond motifs is 2. The van der Waals surface area contributed by atoms with Crippen molar-refractivity contribution in [3.63, 3.8) is 0 Å². The fraction of sp³-hybridized carbons (Fsp3) is 0.233. The van der Waals surface area contributed by atoms with Crippen LogP contribution in [0.4, 0.5) is 5.82 Å². The summed E-state index contributed by atoms with van der Waals surface area (Å²) in [6.45, 7) is 9.15. The fourth-order valence-corrected chi connectivity index (χ4v) is 5.49. The first-order valence-electron chi connectivity index (χ1n) is 12.7. The highest BCUT2D eigenvalue weighted by Crippen LogP contribution is 2.39. The number of carboxylic acids is 3. The molecule has 3 aromatic rings. The molecule has 41 heavy (non-hydrogen) atoms. The second-order valence-corrected chi connectivity index (χ2v) is 9.64. The second-order valence-electron chi connectivity index (χ2n) is 8.62. The molecule has 2 aliphatic rings. The Labute approximate surface area is 244 Å². The molecule has 2 aliphatic heterocycles. The van der Waals surface area contributed by atoms with Crippen LogP contribution >= 0.6 is 11.8 Å². The van der Waals surface area contributed by atoms with Gasteiger partial charge in [-0.25, -0.2) is 14.6 Å². The molecule has 0 amide bonds. The van der Waals surface area contributed by atoms with Gasteiger partial charge in [0.15, 0.2) is 5.97 Å². The SMILES string of the molecule is O.O=C(O)c1cccnc1N1CCN(C/C=C2/c3ccccc3CSc3ccccc32)CC1.O=C([O-])C(=O)O.[CH2]C.[H+]. The number of aliphatic carboxylic acids is 2. The quantitative estimate of drug-likeness (QED) is 0.438. The van der Waals surface area contributed by atoms with E-state index in [0.717, 1.165) is 38.5 Å². The second kappa shape index (κ2) is 16.2. The van der Waals surface area contributed by atoms with Crippen LogP contribution in [0.3, 0.4) is 0 Å². The summed E-state index contributed by atoms with van der Waals surface area (Å²) in [6, 6.07) is 20.7. The van der Waals surface area contributed by atoms with Crippen molar-refractivity contribution in [3.05, 3.63) is 102 Å². The summed E-state index contributed by atoms with van der Waals surface area (Å²) in [5.74, 6) is -3.38. The molecule has 217 valence electrons. The molecule has 1 radical (unpaired) electrons. The number of carbonyl (C=O) groups excluding carboxylic acids is 1. The number of hydrogen-bond donors (Lipinski definition) is 2. The van der Waals surface area contributed by atoms with Crippen LogP contribution in [0.1, 0.15) is 35.4 Å². The Hall–Kier alpha value is -4.19. The summed E-state index contributed by atoms with van der Waals surface area (Å²) in [7, 11) is 0. The molecule has 0 aliphatic carbocycles. The largest absolute Gasteiger partial charge is 1.00 e. The van der Waals surface area contributed by atoms with Gasteiger partial charge in [-0.15, -0.1) is 11.8 Å². The number of carbonyl (C=O) groups is 3. The van der Waals surface area contributed by atoms with Crippen molar-refractivity contribution >= 4 is 41.1 Å². The minimum absolute atomic E-state index is 0. The van der Waals surface area contributed by atoms with E-state index in [1.807, 2.05) is 11.8 Å². The summed E-state index contributed by atoms with van der Waals surface area (Å²) < 4.78 is 0. The molecular formula is C30H34N3O7S. The maximum Gasteiger partial charge on any atom is 1.00 e. The number of carboxylic acid groups (broad SMARTS) is 3. The number of thioether (sulfide) groups is 1. The van der Waals surface area contributed by atoms with Crippen LogP contribution in [0.25, 0.3) is 5.57 Å². The standard InChI is InChI=1S/C26H25N3O2S.C2H2O4.C2H5.H2O/c30-26(31)23-9-5-12-27-25(23)29-16-14-28(15-17-29)13-11-21-20-7-2-1-6-19(20)18-32-24-10-4-3-8-22(21)24;3-1(4)2(5)6;1-2;/h1-12H,13-18H2,(H,30,31);(H,3,4)(H,5,6);1H2,2H3;1H2/b21-11-;;;. The zero-order valence-electron chi connectivity index (χ0n) is 23.7. The molecule has 1 fully saturated rings. The van der Waals surface area contributed by atoms with Crippen LogP contribution in [0.15, 0.2) is 77.8 Å². The van der Waals surface area contributed by atoms with Gasteiger partial charge in [0.2, 0.25) is 0 Å². The normalized spacial score (nSPS) is 14.9. The zero-order chi connectivity index (χ0) is 29.1. The van der Waals surface area contributed by atoms with E-state index in [1.54, 1.807) is 25.3 Å². The lowest BCUT2D eigenvalue weighted by Crippen LogP contribution is -2.47. The average Bonchev–Trinajstić information content (AvgIpc) is 3.14. The van der Waals surface area contributed by atoms with Gasteiger partial charge in [0.25, 0.3) is 0 Å². The Kier molecular flexibility index (Phi) is 13.0. The van der Waals surface area contributed by atoms with Crippen LogP contribution < -0.4 is 10.0 Å². The maximum atomic E-state index is 11.5. The first-order chi connectivity index (χ1) is 19.3. The van der Waals surface area contributed by atoms with Gasteiger partial charge in [-0.05, 0) is 40.5 Å². The molecule has 0 saturated carbocycles. The van der Waals surface area contributed by atoms with Crippen LogP contribution in [0.2, 0.25) is 0 Å². The number of piperazine rings is 1. The molecule has 3 heterocycles. The van der Waals surface area contributed by atoms with E-state index in [4.69, 9.17) is 19.8 Å². The van der Waals surface area contributed by atoms with Crippen molar-refractivity contribution in [1.82, 2.24) is 9.88 Å². The van der Waals surface area contributed by atoms with Gasteiger partial charge in [-0.3, -0.25) is 4.90 Å². The first-order valence-corrected chi connectivity index (χ1v) is 13.6. The van der Waals surface area contributed by atoms with E-state index in [1.165, 1.54) is 27.2 Å². The van der Waals surface area contributed by atoms with E-state index >= 15 is 0 Å². The van der Waals surface area contributed by atoms with E-state index in [0.29, 0.717) is 5.82 Å². The minimum Gasteiger partial charge on any atom is -0.539 e. The van der Waals surface area contributed by atoms with Crippen molar-refractivity contribution < 1.29 is 36.6 Å². The van der Waals surface area contributed by atoms with E-state index < -0.39 is 17.9 Å². The highest BCUT2D eigenvalue weighted by atomic mass is 32.2. The molecule has 0 spiro atoms. The first kappa shape index (κ1) is 33.0. The summed E-state index contributed by atoms with van der Waals surface area (Å²) in [4.78, 5) is 39.8. The van der Waals surface area contributed by atoms with Crippen molar-refractivity contribution in [2.75, 3.05) is 37.6 Å². The number of pyridine rings is 1. The predicted molar refractivity (Wildman–Crippen MR) is 158 cm³/mol. The number of anilines is 1. The molecule has 1 saturated heterocycles. The molecule has 2 aromatic carbocycles. The molecule has 11 heteroatoms. The Balaban J connectivity index is 0.000000790. The average molecular weight is 581 g/mol. The van der Waals surface area contributed by atoms with Gasteiger partial charge >= 0.3 is 13.4 Å². The van der Waals surface area contributed by atoms with Crippen molar-refractivity contribution in [1.29, 1.82) is 0 Å². The Morgan fingerprint density at radius 2 is 1.59 bits per heavy atom. The molecule has 1 aromatic heterocycles. The van der Waals surface area contributed by atoms with Gasteiger partial charge in [-0.2, -0.15) is 0 Å². The predicted octanol–water partition coefficient (Wildman–Crippen LogP) is 2.59. The highest BCUT2D eigenvalue weighted by molar-refractivity contribution is 7.98. The molecule has 0 atom stereocenters. The lowest BCUT2D eigenvalue weighted by Gasteiger charge is -2.35. The van der Waals surface area contributed by atoms with Crippen molar-refractivity contribution in [3.8, 4) is 0 Å². The summed E-state index contributed by atoms with van der Waals surface area (Å²) in [5.41, 5.74) is 5.58. The van der Waals surface area contributed by atoms with Crippen LogP contribution in [-0.2, 0) is 15.3 Å². The number of benzene rings is 2. The van der Waals surface area contributed by atoms with E-state index in [2.05, 4.69) is 76.3 Å². The zero-order valence-corrected chi connectivity index (χ0v) is 23.5.